The van der Waals surface area contributed by atoms with Gasteiger partial charge in [0.2, 0.25) is 0 Å². The Labute approximate surface area is 133 Å². The number of aromatic hydroxyl groups is 1. The maximum Gasteiger partial charge on any atom is 0.462 e. The molecular weight excluding hydrogens is 405 g/mol. The lowest BCUT2D eigenvalue weighted by molar-refractivity contribution is -0.361. The quantitative estimate of drug-likeness (QED) is 0.334. The van der Waals surface area contributed by atoms with Crippen LogP contribution in [0.25, 0.3) is 0 Å². The second-order valence-electron chi connectivity index (χ2n) is 4.06. The number of hydrogen-bond donors (Lipinski definition) is 2. The SMILES string of the molecule is COc1cc(/C=N/NC(F)(F)C(F)(F)C(F)(F)F)c(Br)cc1O. The van der Waals surface area contributed by atoms with E-state index in [4.69, 9.17) is 4.74 Å². The third kappa shape index (κ3) is 3.98. The molecule has 23 heavy (non-hydrogen) atoms. The van der Waals surface area contributed by atoms with E-state index in [1.807, 2.05) is 0 Å². The van der Waals surface area contributed by atoms with Crippen molar-refractivity contribution in [1.29, 1.82) is 0 Å². The second kappa shape index (κ2) is 6.42. The van der Waals surface area contributed by atoms with E-state index in [-0.39, 0.29) is 21.5 Å². The van der Waals surface area contributed by atoms with Crippen LogP contribution in [0.5, 0.6) is 11.5 Å². The molecule has 0 unspecified atom stereocenters. The molecule has 0 heterocycles. The molecule has 0 aliphatic rings. The van der Waals surface area contributed by atoms with Crippen LogP contribution in [-0.2, 0) is 0 Å². The molecule has 0 fully saturated rings. The Morgan fingerprint density at radius 2 is 1.74 bits per heavy atom. The number of methoxy groups -OCH3 is 1. The van der Waals surface area contributed by atoms with Crippen LogP contribution in [0.2, 0.25) is 0 Å². The lowest BCUT2D eigenvalue weighted by atomic mass is 10.2. The van der Waals surface area contributed by atoms with Crippen molar-refractivity contribution in [3.8, 4) is 11.5 Å². The maximum absolute atomic E-state index is 12.9. The number of benzene rings is 1. The molecule has 1 rings (SSSR count). The van der Waals surface area contributed by atoms with E-state index < -0.39 is 18.1 Å². The molecule has 0 aliphatic carbocycles. The number of phenols is 1. The van der Waals surface area contributed by atoms with Gasteiger partial charge in [0.25, 0.3) is 0 Å². The highest BCUT2D eigenvalue weighted by molar-refractivity contribution is 9.10. The fraction of sp³-hybridized carbons (Fsp3) is 0.364. The molecule has 0 saturated heterocycles. The molecule has 0 bridgehead atoms. The summed E-state index contributed by atoms with van der Waals surface area (Å²) in [5, 5.41) is 12.1. The number of phenolic OH excluding ortho intramolecular Hbond substituents is 1. The summed E-state index contributed by atoms with van der Waals surface area (Å²) < 4.78 is 91.7. The Morgan fingerprint density at radius 1 is 1.17 bits per heavy atom. The van der Waals surface area contributed by atoms with Crippen molar-refractivity contribution in [3.63, 3.8) is 0 Å². The molecule has 1 aromatic carbocycles. The molecule has 4 nitrogen and oxygen atoms in total. The Balaban J connectivity index is 3.00. The summed E-state index contributed by atoms with van der Waals surface area (Å²) in [7, 11) is 1.18. The van der Waals surface area contributed by atoms with E-state index in [0.717, 1.165) is 12.1 Å². The van der Waals surface area contributed by atoms with Crippen molar-refractivity contribution < 1.29 is 40.6 Å². The number of hydrogen-bond acceptors (Lipinski definition) is 4. The van der Waals surface area contributed by atoms with Crippen LogP contribution in [-0.4, -0.2) is 36.6 Å². The van der Waals surface area contributed by atoms with E-state index in [9.17, 15) is 35.8 Å². The van der Waals surface area contributed by atoms with Crippen LogP contribution in [0.1, 0.15) is 5.56 Å². The molecule has 0 aromatic heterocycles. The molecule has 130 valence electrons. The number of nitrogens with zero attached hydrogens (tertiary/aromatic N) is 1. The normalized spacial score (nSPS) is 13.4. The zero-order chi connectivity index (χ0) is 18.1. The molecule has 2 N–H and O–H groups in total. The van der Waals surface area contributed by atoms with E-state index in [2.05, 4.69) is 21.0 Å². The first-order valence-electron chi connectivity index (χ1n) is 5.52. The number of nitrogens with one attached hydrogen (secondary N) is 1. The van der Waals surface area contributed by atoms with Crippen LogP contribution >= 0.6 is 15.9 Å². The molecule has 0 aliphatic heterocycles. The summed E-state index contributed by atoms with van der Waals surface area (Å²) in [5.74, 6) is -6.73. The van der Waals surface area contributed by atoms with Crippen molar-refractivity contribution in [3.05, 3.63) is 22.2 Å². The third-order valence-corrected chi connectivity index (χ3v) is 3.14. The predicted octanol–water partition coefficient (Wildman–Crippen LogP) is 3.88. The number of halogens is 8. The molecule has 0 atom stereocenters. The molecule has 0 radical (unpaired) electrons. The summed E-state index contributed by atoms with van der Waals surface area (Å²) in [6, 6.07) is -3.48. The van der Waals surface area contributed by atoms with Gasteiger partial charge >= 0.3 is 18.1 Å². The lowest BCUT2D eigenvalue weighted by Crippen LogP contribution is -2.58. The fourth-order valence-electron chi connectivity index (χ4n) is 1.25. The summed E-state index contributed by atoms with van der Waals surface area (Å²) in [5.41, 5.74) is 0.446. The van der Waals surface area contributed by atoms with E-state index in [1.165, 1.54) is 7.11 Å². The van der Waals surface area contributed by atoms with Gasteiger partial charge in [0.1, 0.15) is 0 Å². The van der Waals surface area contributed by atoms with Gasteiger partial charge < -0.3 is 9.84 Å². The zero-order valence-corrected chi connectivity index (χ0v) is 12.6. The minimum atomic E-state index is -6.46. The summed E-state index contributed by atoms with van der Waals surface area (Å²) in [6.45, 7) is 0. The van der Waals surface area contributed by atoms with E-state index in [1.54, 1.807) is 0 Å². The smallest absolute Gasteiger partial charge is 0.462 e. The van der Waals surface area contributed by atoms with Gasteiger partial charge in [0, 0.05) is 10.0 Å². The third-order valence-electron chi connectivity index (χ3n) is 2.46. The van der Waals surface area contributed by atoms with Crippen molar-refractivity contribution >= 4 is 22.1 Å². The van der Waals surface area contributed by atoms with Crippen molar-refractivity contribution in [2.24, 2.45) is 5.10 Å². The van der Waals surface area contributed by atoms with Gasteiger partial charge in [-0.25, -0.2) is 5.43 Å². The average Bonchev–Trinajstić information content (AvgIpc) is 2.39. The molecule has 0 spiro atoms. The molecule has 12 heteroatoms. The van der Waals surface area contributed by atoms with Crippen LogP contribution in [0.4, 0.5) is 30.7 Å². The minimum Gasteiger partial charge on any atom is -0.504 e. The topological polar surface area (TPSA) is 53.8 Å². The van der Waals surface area contributed by atoms with Crippen molar-refractivity contribution in [2.45, 2.75) is 18.1 Å². The largest absolute Gasteiger partial charge is 0.504 e. The number of alkyl halides is 7. The molecular formula is C11H8BrF7N2O2. The van der Waals surface area contributed by atoms with Gasteiger partial charge in [-0.2, -0.15) is 35.8 Å². The van der Waals surface area contributed by atoms with Crippen LogP contribution in [0.15, 0.2) is 21.7 Å². The highest BCUT2D eigenvalue weighted by atomic mass is 79.9. The minimum absolute atomic E-state index is 0.0294. The summed E-state index contributed by atoms with van der Waals surface area (Å²) in [6.07, 6.45) is -5.91. The Hall–Kier alpha value is -1.72. The van der Waals surface area contributed by atoms with Crippen LogP contribution in [0, 0.1) is 0 Å². The maximum atomic E-state index is 12.9. The van der Waals surface area contributed by atoms with Gasteiger partial charge in [0.05, 0.1) is 13.3 Å². The Kier molecular flexibility index (Phi) is 5.39. The van der Waals surface area contributed by atoms with Gasteiger partial charge in [-0.1, -0.05) is 0 Å². The average molecular weight is 413 g/mol. The number of ether oxygens (including phenoxy) is 1. The molecule has 0 saturated carbocycles. The number of rotatable bonds is 5. The lowest BCUT2D eigenvalue weighted by Gasteiger charge is -2.27. The van der Waals surface area contributed by atoms with Gasteiger partial charge in [-0.3, -0.25) is 0 Å². The van der Waals surface area contributed by atoms with Gasteiger partial charge in [-0.05, 0) is 28.1 Å². The van der Waals surface area contributed by atoms with E-state index in [0.29, 0.717) is 11.6 Å². The van der Waals surface area contributed by atoms with Gasteiger partial charge in [-0.15, -0.1) is 0 Å². The fourth-order valence-corrected chi connectivity index (χ4v) is 1.69. The Bertz CT molecular complexity index is 605. The first-order valence-corrected chi connectivity index (χ1v) is 6.32. The predicted molar refractivity (Wildman–Crippen MR) is 69.0 cm³/mol. The van der Waals surface area contributed by atoms with Crippen molar-refractivity contribution in [1.82, 2.24) is 5.43 Å². The second-order valence-corrected chi connectivity index (χ2v) is 4.92. The first kappa shape index (κ1) is 19.3. The van der Waals surface area contributed by atoms with Crippen molar-refractivity contribution in [2.75, 3.05) is 7.11 Å². The summed E-state index contributed by atoms with van der Waals surface area (Å²) >= 11 is 2.91. The Morgan fingerprint density at radius 3 is 2.22 bits per heavy atom. The first-order chi connectivity index (χ1) is 10.3. The summed E-state index contributed by atoms with van der Waals surface area (Å²) in [4.78, 5) is 0. The zero-order valence-electron chi connectivity index (χ0n) is 11.1. The van der Waals surface area contributed by atoms with E-state index >= 15 is 0 Å². The molecule has 0 amide bonds. The standard InChI is InChI=1S/C11H8BrF7N2O2/c1-23-8-2-5(6(12)3-7(8)22)4-20-21-11(18,19)9(13,14)10(15,16)17/h2-4,21-22H,1H3/b20-4+. The highest BCUT2D eigenvalue weighted by Crippen LogP contribution is 2.45. The number of hydrazone groups is 1. The monoisotopic (exact) mass is 412 g/mol. The molecule has 1 aromatic rings. The van der Waals surface area contributed by atoms with Crippen LogP contribution < -0.4 is 10.2 Å². The van der Waals surface area contributed by atoms with Gasteiger partial charge in [0.15, 0.2) is 11.5 Å². The highest BCUT2D eigenvalue weighted by Gasteiger charge is 2.73. The van der Waals surface area contributed by atoms with Crippen LogP contribution in [0.3, 0.4) is 0 Å².